The molecule has 0 unspecified atom stereocenters. The number of sulfonamides is 1. The highest BCUT2D eigenvalue weighted by atomic mass is 32.2. The highest BCUT2D eigenvalue weighted by molar-refractivity contribution is 7.92. The van der Waals surface area contributed by atoms with Gasteiger partial charge in [0.25, 0.3) is 5.91 Å². The molecule has 0 saturated heterocycles. The third kappa shape index (κ3) is 3.67. The Bertz CT molecular complexity index is 920. The van der Waals surface area contributed by atoms with Crippen LogP contribution in [-0.4, -0.2) is 32.7 Å². The summed E-state index contributed by atoms with van der Waals surface area (Å²) in [4.78, 5) is 12.7. The maximum Gasteiger partial charge on any atom is 0.267 e. The van der Waals surface area contributed by atoms with Crippen LogP contribution in [0.25, 0.3) is 0 Å². The molecule has 6 nitrogen and oxygen atoms in total. The summed E-state index contributed by atoms with van der Waals surface area (Å²) in [6, 6.07) is 12.6. The van der Waals surface area contributed by atoms with Gasteiger partial charge >= 0.3 is 0 Å². The van der Waals surface area contributed by atoms with Crippen LogP contribution in [0, 0.1) is 13.8 Å². The Hall–Kier alpha value is -2.54. The molecule has 0 bridgehead atoms. The van der Waals surface area contributed by atoms with E-state index in [2.05, 4.69) is 5.32 Å². The summed E-state index contributed by atoms with van der Waals surface area (Å²) in [5, 5.41) is 2.83. The van der Waals surface area contributed by atoms with Crippen molar-refractivity contribution in [3.63, 3.8) is 0 Å². The van der Waals surface area contributed by atoms with Crippen molar-refractivity contribution < 1.29 is 17.9 Å². The zero-order valence-corrected chi connectivity index (χ0v) is 15.8. The van der Waals surface area contributed by atoms with Gasteiger partial charge in [-0.2, -0.15) is 0 Å². The summed E-state index contributed by atoms with van der Waals surface area (Å²) in [6.45, 7) is 5.43. The molecule has 1 aliphatic rings. The van der Waals surface area contributed by atoms with Crippen molar-refractivity contribution in [2.45, 2.75) is 26.9 Å². The molecule has 3 rings (SSSR count). The van der Waals surface area contributed by atoms with E-state index in [0.29, 0.717) is 17.1 Å². The lowest BCUT2D eigenvalue weighted by atomic mass is 10.1. The molecule has 0 radical (unpaired) electrons. The Morgan fingerprint density at radius 2 is 1.85 bits per heavy atom. The Morgan fingerprint density at radius 1 is 1.19 bits per heavy atom. The molecule has 1 atom stereocenters. The molecule has 0 aromatic heterocycles. The van der Waals surface area contributed by atoms with Gasteiger partial charge in [0.1, 0.15) is 5.75 Å². The minimum Gasteiger partial charge on any atom is -0.476 e. The van der Waals surface area contributed by atoms with Gasteiger partial charge in [0.2, 0.25) is 10.0 Å². The lowest BCUT2D eigenvalue weighted by molar-refractivity contribution is -0.122. The molecule has 26 heavy (non-hydrogen) atoms. The summed E-state index contributed by atoms with van der Waals surface area (Å²) in [6.07, 6.45) is -0.924. The van der Waals surface area contributed by atoms with Crippen molar-refractivity contribution in [2.75, 3.05) is 21.9 Å². The fraction of sp³-hybridized carbons (Fsp3) is 0.316. The molecule has 1 amide bonds. The van der Waals surface area contributed by atoms with Gasteiger partial charge in [-0.05, 0) is 56.2 Å². The number of ether oxygens (including phenoxy) is 1. The molecule has 2 aromatic rings. The minimum absolute atomic E-state index is 0.0489. The second kappa shape index (κ2) is 6.99. The lowest BCUT2D eigenvalue weighted by Crippen LogP contribution is -2.49. The van der Waals surface area contributed by atoms with E-state index in [1.165, 1.54) is 4.31 Å². The number of carbonyl (C=O) groups excluding carboxylic acids is 1. The number of fused-ring (bicyclic) bond motifs is 1. The van der Waals surface area contributed by atoms with E-state index >= 15 is 0 Å². The van der Waals surface area contributed by atoms with Gasteiger partial charge in [-0.15, -0.1) is 0 Å². The summed E-state index contributed by atoms with van der Waals surface area (Å²) < 4.78 is 32.0. The van der Waals surface area contributed by atoms with Crippen molar-refractivity contribution in [1.82, 2.24) is 0 Å². The van der Waals surface area contributed by atoms with Gasteiger partial charge in [-0.3, -0.25) is 9.10 Å². The molecule has 0 fully saturated rings. The predicted molar refractivity (Wildman–Crippen MR) is 102 cm³/mol. The van der Waals surface area contributed by atoms with E-state index in [9.17, 15) is 13.2 Å². The SMILES string of the molecule is CCS(=O)(=O)N1C[C@H](C(=O)Nc2cc(C)cc(C)c2)Oc2ccccc21. The van der Waals surface area contributed by atoms with Crippen molar-refractivity contribution >= 4 is 27.3 Å². The number of carbonyl (C=O) groups is 1. The summed E-state index contributed by atoms with van der Waals surface area (Å²) in [5.74, 6) is -0.0376. The first-order valence-electron chi connectivity index (χ1n) is 8.45. The van der Waals surface area contributed by atoms with Crippen LogP contribution in [0.4, 0.5) is 11.4 Å². The first-order chi connectivity index (χ1) is 12.3. The normalized spacial score (nSPS) is 16.6. The van der Waals surface area contributed by atoms with Gasteiger partial charge in [-0.1, -0.05) is 18.2 Å². The molecule has 0 aliphatic carbocycles. The number of nitrogens with one attached hydrogen (secondary N) is 1. The predicted octanol–water partition coefficient (Wildman–Crippen LogP) is 2.86. The minimum atomic E-state index is -3.51. The van der Waals surface area contributed by atoms with Gasteiger partial charge in [-0.25, -0.2) is 8.42 Å². The van der Waals surface area contributed by atoms with E-state index < -0.39 is 16.1 Å². The van der Waals surface area contributed by atoms with Crippen LogP contribution in [0.5, 0.6) is 5.75 Å². The zero-order valence-electron chi connectivity index (χ0n) is 15.0. The van der Waals surface area contributed by atoms with E-state index in [4.69, 9.17) is 4.74 Å². The number of para-hydroxylation sites is 2. The first kappa shape index (κ1) is 18.3. The van der Waals surface area contributed by atoms with E-state index in [1.54, 1.807) is 31.2 Å². The number of hydrogen-bond acceptors (Lipinski definition) is 4. The topological polar surface area (TPSA) is 75.7 Å². The molecule has 0 spiro atoms. The molecule has 1 N–H and O–H groups in total. The average Bonchev–Trinajstić information content (AvgIpc) is 2.59. The highest BCUT2D eigenvalue weighted by Crippen LogP contribution is 2.35. The molecule has 1 aliphatic heterocycles. The van der Waals surface area contributed by atoms with Crippen LogP contribution < -0.4 is 14.4 Å². The molecule has 1 heterocycles. The number of nitrogens with zero attached hydrogens (tertiary/aromatic N) is 1. The number of amides is 1. The average molecular weight is 374 g/mol. The maximum atomic E-state index is 12.7. The van der Waals surface area contributed by atoms with E-state index in [-0.39, 0.29) is 18.2 Å². The van der Waals surface area contributed by atoms with Crippen LogP contribution in [-0.2, 0) is 14.8 Å². The van der Waals surface area contributed by atoms with E-state index in [1.807, 2.05) is 32.0 Å². The number of anilines is 2. The number of aryl methyl sites for hydroxylation is 2. The Labute approximate surface area is 153 Å². The second-order valence-electron chi connectivity index (χ2n) is 6.37. The van der Waals surface area contributed by atoms with Crippen LogP contribution >= 0.6 is 0 Å². The molecular formula is C19H22N2O4S. The second-order valence-corrected chi connectivity index (χ2v) is 8.55. The summed E-state index contributed by atoms with van der Waals surface area (Å²) >= 11 is 0. The fourth-order valence-corrected chi connectivity index (χ4v) is 4.15. The van der Waals surface area contributed by atoms with Crippen LogP contribution in [0.1, 0.15) is 18.1 Å². The summed E-state index contributed by atoms with van der Waals surface area (Å²) in [7, 11) is -3.51. The van der Waals surface area contributed by atoms with Crippen LogP contribution in [0.15, 0.2) is 42.5 Å². The van der Waals surface area contributed by atoms with Gasteiger partial charge in [0, 0.05) is 5.69 Å². The van der Waals surface area contributed by atoms with Crippen LogP contribution in [0.2, 0.25) is 0 Å². The van der Waals surface area contributed by atoms with Crippen molar-refractivity contribution in [3.8, 4) is 5.75 Å². The zero-order chi connectivity index (χ0) is 18.9. The number of hydrogen-bond donors (Lipinski definition) is 1. The van der Waals surface area contributed by atoms with Gasteiger partial charge in [0.05, 0.1) is 18.0 Å². The highest BCUT2D eigenvalue weighted by Gasteiger charge is 2.35. The van der Waals surface area contributed by atoms with Gasteiger partial charge < -0.3 is 10.1 Å². The Balaban J connectivity index is 1.88. The van der Waals surface area contributed by atoms with Crippen LogP contribution in [0.3, 0.4) is 0 Å². The monoisotopic (exact) mass is 374 g/mol. The van der Waals surface area contributed by atoms with Crippen molar-refractivity contribution in [3.05, 3.63) is 53.6 Å². The number of rotatable bonds is 4. The lowest BCUT2D eigenvalue weighted by Gasteiger charge is -2.34. The first-order valence-corrected chi connectivity index (χ1v) is 10.1. The van der Waals surface area contributed by atoms with Crippen molar-refractivity contribution in [1.29, 1.82) is 0 Å². The smallest absolute Gasteiger partial charge is 0.267 e. The standard InChI is InChI=1S/C19H22N2O4S/c1-4-26(23,24)21-12-18(25-17-8-6-5-7-16(17)21)19(22)20-15-10-13(2)9-14(3)11-15/h5-11,18H,4,12H2,1-3H3,(H,20,22)/t18-/m1/s1. The summed E-state index contributed by atoms with van der Waals surface area (Å²) in [5.41, 5.74) is 3.19. The molecule has 7 heteroatoms. The maximum absolute atomic E-state index is 12.7. The molecular weight excluding hydrogens is 352 g/mol. The Morgan fingerprint density at radius 3 is 2.50 bits per heavy atom. The van der Waals surface area contributed by atoms with Crippen molar-refractivity contribution in [2.24, 2.45) is 0 Å². The third-order valence-electron chi connectivity index (χ3n) is 4.22. The fourth-order valence-electron chi connectivity index (χ4n) is 3.03. The molecule has 2 aromatic carbocycles. The van der Waals surface area contributed by atoms with E-state index in [0.717, 1.165) is 11.1 Å². The quantitative estimate of drug-likeness (QED) is 0.893. The van der Waals surface area contributed by atoms with Gasteiger partial charge in [0.15, 0.2) is 6.10 Å². The third-order valence-corrected chi connectivity index (χ3v) is 5.96. The number of benzene rings is 2. The molecule has 0 saturated carbocycles. The largest absolute Gasteiger partial charge is 0.476 e. The molecule has 138 valence electrons. The Kier molecular flexibility index (Phi) is 4.91.